The van der Waals surface area contributed by atoms with Crippen molar-refractivity contribution in [3.05, 3.63) is 65.4 Å². The SMILES string of the molecule is CCOc1ccc(C(=O)COC(=O)c2oc3ccccc3c2COC)cc1. The van der Waals surface area contributed by atoms with E-state index in [0.717, 1.165) is 5.39 Å². The molecule has 0 atom stereocenters. The van der Waals surface area contributed by atoms with Gasteiger partial charge in [-0.2, -0.15) is 0 Å². The molecule has 0 N–H and O–H groups in total. The Morgan fingerprint density at radius 3 is 2.48 bits per heavy atom. The first-order valence-corrected chi connectivity index (χ1v) is 8.56. The molecule has 0 fully saturated rings. The third-order valence-corrected chi connectivity index (χ3v) is 3.99. The van der Waals surface area contributed by atoms with Crippen molar-refractivity contribution < 1.29 is 28.2 Å². The van der Waals surface area contributed by atoms with Gasteiger partial charge in [-0.05, 0) is 37.3 Å². The van der Waals surface area contributed by atoms with Crippen molar-refractivity contribution in [3.63, 3.8) is 0 Å². The van der Waals surface area contributed by atoms with Crippen molar-refractivity contribution in [2.24, 2.45) is 0 Å². The molecule has 2 aromatic carbocycles. The van der Waals surface area contributed by atoms with Gasteiger partial charge in [0.2, 0.25) is 5.76 Å². The van der Waals surface area contributed by atoms with Crippen molar-refractivity contribution in [1.29, 1.82) is 0 Å². The molecule has 6 heteroatoms. The van der Waals surface area contributed by atoms with E-state index < -0.39 is 5.97 Å². The summed E-state index contributed by atoms with van der Waals surface area (Å²) < 4.78 is 21.3. The Bertz CT molecular complexity index is 939. The van der Waals surface area contributed by atoms with Crippen LogP contribution in [0, 0.1) is 0 Å². The summed E-state index contributed by atoms with van der Waals surface area (Å²) in [6.07, 6.45) is 0. The van der Waals surface area contributed by atoms with Crippen LogP contribution in [0.15, 0.2) is 52.9 Å². The van der Waals surface area contributed by atoms with E-state index in [0.29, 0.717) is 29.1 Å². The van der Waals surface area contributed by atoms with Gasteiger partial charge in [-0.3, -0.25) is 4.79 Å². The molecule has 0 saturated carbocycles. The number of benzene rings is 2. The van der Waals surface area contributed by atoms with Gasteiger partial charge >= 0.3 is 5.97 Å². The first-order chi connectivity index (χ1) is 13.1. The summed E-state index contributed by atoms with van der Waals surface area (Å²) in [5, 5.41) is 0.782. The van der Waals surface area contributed by atoms with Crippen LogP contribution in [0.1, 0.15) is 33.4 Å². The molecule has 0 unspecified atom stereocenters. The Morgan fingerprint density at radius 1 is 1.04 bits per heavy atom. The topological polar surface area (TPSA) is 75.0 Å². The fraction of sp³-hybridized carbons (Fsp3) is 0.238. The number of furan rings is 1. The van der Waals surface area contributed by atoms with Crippen LogP contribution >= 0.6 is 0 Å². The molecular weight excluding hydrogens is 348 g/mol. The van der Waals surface area contributed by atoms with Gasteiger partial charge in [-0.15, -0.1) is 0 Å². The van der Waals surface area contributed by atoms with Gasteiger partial charge in [0.05, 0.1) is 13.2 Å². The molecule has 0 saturated heterocycles. The zero-order valence-corrected chi connectivity index (χ0v) is 15.2. The summed E-state index contributed by atoms with van der Waals surface area (Å²) in [7, 11) is 1.53. The zero-order chi connectivity index (χ0) is 19.2. The molecule has 0 aliphatic carbocycles. The highest BCUT2D eigenvalue weighted by atomic mass is 16.5. The summed E-state index contributed by atoms with van der Waals surface area (Å²) in [6, 6.07) is 13.9. The number of ketones is 1. The standard InChI is InChI=1S/C21H20O6/c1-3-25-15-10-8-14(9-11-15)18(22)13-26-21(23)20-17(12-24-2)16-6-4-5-7-19(16)27-20/h4-11H,3,12-13H2,1-2H3. The van der Waals surface area contributed by atoms with E-state index in [-0.39, 0.29) is 24.8 Å². The largest absolute Gasteiger partial charge is 0.494 e. The van der Waals surface area contributed by atoms with Gasteiger partial charge in [0.25, 0.3) is 0 Å². The highest BCUT2D eigenvalue weighted by Crippen LogP contribution is 2.27. The predicted octanol–water partition coefficient (Wildman–Crippen LogP) is 4.02. The molecule has 6 nitrogen and oxygen atoms in total. The molecule has 27 heavy (non-hydrogen) atoms. The molecule has 0 amide bonds. The van der Waals surface area contributed by atoms with Gasteiger partial charge in [0, 0.05) is 23.6 Å². The lowest BCUT2D eigenvalue weighted by molar-refractivity contribution is 0.0441. The fourth-order valence-electron chi connectivity index (χ4n) is 2.74. The number of fused-ring (bicyclic) bond motifs is 1. The van der Waals surface area contributed by atoms with E-state index in [2.05, 4.69) is 0 Å². The van der Waals surface area contributed by atoms with Crippen LogP contribution in [0.3, 0.4) is 0 Å². The van der Waals surface area contributed by atoms with Crippen molar-refractivity contribution in [2.75, 3.05) is 20.3 Å². The second-order valence-corrected chi connectivity index (χ2v) is 5.80. The van der Waals surface area contributed by atoms with Crippen LogP contribution in [-0.2, 0) is 16.1 Å². The lowest BCUT2D eigenvalue weighted by atomic mass is 10.1. The molecule has 0 aliphatic heterocycles. The van der Waals surface area contributed by atoms with E-state index in [1.807, 2.05) is 25.1 Å². The van der Waals surface area contributed by atoms with E-state index >= 15 is 0 Å². The smallest absolute Gasteiger partial charge is 0.375 e. The Balaban J connectivity index is 1.71. The molecule has 3 rings (SSSR count). The first-order valence-electron chi connectivity index (χ1n) is 8.56. The second-order valence-electron chi connectivity index (χ2n) is 5.80. The Hall–Kier alpha value is -3.12. The Labute approximate surface area is 156 Å². The molecule has 1 aromatic heterocycles. The van der Waals surface area contributed by atoms with E-state index in [1.165, 1.54) is 7.11 Å². The quantitative estimate of drug-likeness (QED) is 0.442. The number of ether oxygens (including phenoxy) is 3. The van der Waals surface area contributed by atoms with Crippen LogP contribution in [0.25, 0.3) is 11.0 Å². The molecule has 0 spiro atoms. The molecule has 1 heterocycles. The number of carbonyl (C=O) groups is 2. The Morgan fingerprint density at radius 2 is 1.78 bits per heavy atom. The molecule has 0 aliphatic rings. The lowest BCUT2D eigenvalue weighted by Gasteiger charge is -2.06. The van der Waals surface area contributed by atoms with Gasteiger partial charge in [0.15, 0.2) is 12.4 Å². The summed E-state index contributed by atoms with van der Waals surface area (Å²) in [4.78, 5) is 24.7. The number of hydrogen-bond donors (Lipinski definition) is 0. The van der Waals surface area contributed by atoms with Crippen LogP contribution in [-0.4, -0.2) is 32.1 Å². The minimum Gasteiger partial charge on any atom is -0.494 e. The van der Waals surface area contributed by atoms with Crippen molar-refractivity contribution in [1.82, 2.24) is 0 Å². The highest BCUT2D eigenvalue weighted by molar-refractivity contribution is 6.00. The monoisotopic (exact) mass is 368 g/mol. The van der Waals surface area contributed by atoms with Gasteiger partial charge in [-0.1, -0.05) is 18.2 Å². The molecular formula is C21H20O6. The van der Waals surface area contributed by atoms with Gasteiger partial charge < -0.3 is 18.6 Å². The maximum absolute atomic E-state index is 12.4. The van der Waals surface area contributed by atoms with Crippen molar-refractivity contribution in [3.8, 4) is 5.75 Å². The minimum atomic E-state index is -0.697. The molecule has 0 radical (unpaired) electrons. The number of Topliss-reactive ketones (excluding diaryl/α,β-unsaturated/α-hetero) is 1. The third-order valence-electron chi connectivity index (χ3n) is 3.99. The normalized spacial score (nSPS) is 10.7. The van der Waals surface area contributed by atoms with E-state index in [1.54, 1.807) is 30.3 Å². The number of methoxy groups -OCH3 is 1. The number of rotatable bonds is 8. The van der Waals surface area contributed by atoms with Gasteiger partial charge in [0.1, 0.15) is 11.3 Å². The average Bonchev–Trinajstić information content (AvgIpc) is 3.06. The van der Waals surface area contributed by atoms with Crippen molar-refractivity contribution in [2.45, 2.75) is 13.5 Å². The number of esters is 1. The summed E-state index contributed by atoms with van der Waals surface area (Å²) in [5.74, 6) is -0.275. The highest BCUT2D eigenvalue weighted by Gasteiger charge is 2.22. The number of hydrogen-bond acceptors (Lipinski definition) is 6. The first kappa shape index (κ1) is 18.7. The number of carbonyl (C=O) groups excluding carboxylic acids is 2. The molecule has 0 bridgehead atoms. The predicted molar refractivity (Wildman–Crippen MR) is 99.2 cm³/mol. The fourth-order valence-corrected chi connectivity index (χ4v) is 2.74. The number of para-hydroxylation sites is 1. The van der Waals surface area contributed by atoms with Crippen LogP contribution in [0.4, 0.5) is 0 Å². The summed E-state index contributed by atoms with van der Waals surface area (Å²) in [5.41, 5.74) is 1.61. The van der Waals surface area contributed by atoms with Crippen LogP contribution in [0.2, 0.25) is 0 Å². The van der Waals surface area contributed by atoms with Crippen LogP contribution < -0.4 is 4.74 Å². The van der Waals surface area contributed by atoms with E-state index in [4.69, 9.17) is 18.6 Å². The Kier molecular flexibility index (Phi) is 5.88. The maximum atomic E-state index is 12.4. The van der Waals surface area contributed by atoms with Crippen molar-refractivity contribution >= 4 is 22.7 Å². The maximum Gasteiger partial charge on any atom is 0.375 e. The van der Waals surface area contributed by atoms with Crippen LogP contribution in [0.5, 0.6) is 5.75 Å². The summed E-state index contributed by atoms with van der Waals surface area (Å²) in [6.45, 7) is 2.26. The van der Waals surface area contributed by atoms with Gasteiger partial charge in [-0.25, -0.2) is 4.79 Å². The third kappa shape index (κ3) is 4.17. The molecule has 3 aromatic rings. The average molecular weight is 368 g/mol. The summed E-state index contributed by atoms with van der Waals surface area (Å²) >= 11 is 0. The minimum absolute atomic E-state index is 0.0533. The zero-order valence-electron chi connectivity index (χ0n) is 15.2. The second kappa shape index (κ2) is 8.51. The van der Waals surface area contributed by atoms with E-state index in [9.17, 15) is 9.59 Å². The lowest BCUT2D eigenvalue weighted by Crippen LogP contribution is -2.15. The molecule has 140 valence electrons.